The van der Waals surface area contributed by atoms with Gasteiger partial charge in [-0.25, -0.2) is 4.79 Å². The largest absolute Gasteiger partial charge is 0.465 e. The number of esters is 1. The number of ether oxygens (including phenoxy) is 1. The molecule has 0 N–H and O–H groups in total. The summed E-state index contributed by atoms with van der Waals surface area (Å²) in [5.74, 6) is -0.590. The number of hydrogen-bond donors (Lipinski definition) is 1. The molecular weight excluding hydrogens is 214 g/mol. The van der Waals surface area contributed by atoms with Crippen molar-refractivity contribution in [3.8, 4) is 6.07 Å². The third kappa shape index (κ3) is 2.17. The van der Waals surface area contributed by atoms with Crippen LogP contribution in [0.25, 0.3) is 0 Å². The molecule has 0 bridgehead atoms. The minimum Gasteiger partial charge on any atom is -0.465 e. The Morgan fingerprint density at radius 1 is 1.60 bits per heavy atom. The van der Waals surface area contributed by atoms with E-state index >= 15 is 0 Å². The van der Waals surface area contributed by atoms with Crippen LogP contribution in [0.3, 0.4) is 0 Å². The summed E-state index contributed by atoms with van der Waals surface area (Å²) < 4.78 is 4.50. The van der Waals surface area contributed by atoms with Gasteiger partial charge in [0.05, 0.1) is 24.3 Å². The van der Waals surface area contributed by atoms with E-state index in [1.54, 1.807) is 0 Å². The summed E-state index contributed by atoms with van der Waals surface area (Å²) in [6.45, 7) is 0. The molecular formula is C10H7NO3S. The number of methoxy groups -OCH3 is 1. The lowest BCUT2D eigenvalue weighted by atomic mass is 10.1. The minimum absolute atomic E-state index is 0.149. The molecule has 15 heavy (non-hydrogen) atoms. The summed E-state index contributed by atoms with van der Waals surface area (Å²) in [6.07, 6.45) is 0.512. The molecule has 0 amide bonds. The Kier molecular flexibility index (Phi) is 3.47. The van der Waals surface area contributed by atoms with Gasteiger partial charge in [-0.1, -0.05) is 0 Å². The van der Waals surface area contributed by atoms with Crippen molar-refractivity contribution in [3.05, 3.63) is 28.8 Å². The van der Waals surface area contributed by atoms with Gasteiger partial charge in [-0.2, -0.15) is 5.26 Å². The van der Waals surface area contributed by atoms with E-state index in [0.717, 1.165) is 0 Å². The average Bonchev–Trinajstić information content (AvgIpc) is 2.27. The lowest BCUT2D eigenvalue weighted by Crippen LogP contribution is -2.04. The first-order chi connectivity index (χ1) is 7.13. The van der Waals surface area contributed by atoms with E-state index in [1.165, 1.54) is 19.2 Å². The van der Waals surface area contributed by atoms with Crippen molar-refractivity contribution in [2.45, 2.75) is 4.90 Å². The number of nitriles is 1. The second-order valence-corrected chi connectivity index (χ2v) is 3.16. The molecule has 0 radical (unpaired) electrons. The predicted molar refractivity (Wildman–Crippen MR) is 55.1 cm³/mol. The fourth-order valence-electron chi connectivity index (χ4n) is 1.07. The highest BCUT2D eigenvalue weighted by molar-refractivity contribution is 7.80. The maximum atomic E-state index is 11.2. The summed E-state index contributed by atoms with van der Waals surface area (Å²) in [7, 11) is 1.23. The van der Waals surface area contributed by atoms with Crippen molar-refractivity contribution in [2.24, 2.45) is 0 Å². The monoisotopic (exact) mass is 221 g/mol. The molecule has 0 fully saturated rings. The van der Waals surface area contributed by atoms with Gasteiger partial charge < -0.3 is 4.74 Å². The summed E-state index contributed by atoms with van der Waals surface area (Å²) in [6, 6.07) is 4.49. The van der Waals surface area contributed by atoms with Gasteiger partial charge in [-0.15, -0.1) is 12.6 Å². The zero-order valence-electron chi connectivity index (χ0n) is 7.85. The topological polar surface area (TPSA) is 67.2 Å². The smallest absolute Gasteiger partial charge is 0.339 e. The number of thiol groups is 1. The quantitative estimate of drug-likeness (QED) is 0.466. The average molecular weight is 221 g/mol. The summed E-state index contributed by atoms with van der Waals surface area (Å²) in [5.41, 5.74) is 0.500. The summed E-state index contributed by atoms with van der Waals surface area (Å²) in [5, 5.41) is 8.70. The number of rotatable bonds is 2. The van der Waals surface area contributed by atoms with Crippen LogP contribution in [0.5, 0.6) is 0 Å². The minimum atomic E-state index is -0.590. The molecule has 0 heterocycles. The van der Waals surface area contributed by atoms with Gasteiger partial charge in [0.15, 0.2) is 6.29 Å². The lowest BCUT2D eigenvalue weighted by Gasteiger charge is -2.04. The Hall–Kier alpha value is -1.80. The number of benzene rings is 1. The fourth-order valence-corrected chi connectivity index (χ4v) is 1.36. The van der Waals surface area contributed by atoms with Crippen LogP contribution in [-0.4, -0.2) is 19.4 Å². The first-order valence-electron chi connectivity index (χ1n) is 3.94. The molecule has 1 aromatic rings. The van der Waals surface area contributed by atoms with Crippen LogP contribution in [0.4, 0.5) is 0 Å². The maximum absolute atomic E-state index is 11.2. The lowest BCUT2D eigenvalue weighted by molar-refractivity contribution is 0.0597. The summed E-state index contributed by atoms with van der Waals surface area (Å²) in [4.78, 5) is 22.2. The Morgan fingerprint density at radius 2 is 2.27 bits per heavy atom. The van der Waals surface area contributed by atoms with E-state index in [-0.39, 0.29) is 16.7 Å². The Morgan fingerprint density at radius 3 is 2.73 bits per heavy atom. The van der Waals surface area contributed by atoms with Gasteiger partial charge in [-0.05, 0) is 12.1 Å². The Bertz CT molecular complexity index is 462. The van der Waals surface area contributed by atoms with Gasteiger partial charge in [0.25, 0.3) is 0 Å². The number of aldehydes is 1. The van der Waals surface area contributed by atoms with E-state index < -0.39 is 5.97 Å². The predicted octanol–water partition coefficient (Wildman–Crippen LogP) is 1.45. The number of nitrogens with zero attached hydrogens (tertiary/aromatic N) is 1. The molecule has 0 atom stereocenters. The normalized spacial score (nSPS) is 9.13. The first kappa shape index (κ1) is 11.3. The van der Waals surface area contributed by atoms with E-state index in [2.05, 4.69) is 17.4 Å². The molecule has 0 aliphatic heterocycles. The van der Waals surface area contributed by atoms with Crippen LogP contribution in [0.1, 0.15) is 26.3 Å². The highest BCUT2D eigenvalue weighted by Crippen LogP contribution is 2.19. The highest BCUT2D eigenvalue weighted by atomic mass is 32.1. The zero-order chi connectivity index (χ0) is 11.4. The molecule has 0 aliphatic carbocycles. The van der Waals surface area contributed by atoms with Gasteiger partial charge in [0.2, 0.25) is 0 Å². The van der Waals surface area contributed by atoms with Crippen molar-refractivity contribution >= 4 is 24.9 Å². The van der Waals surface area contributed by atoms with Crippen molar-refractivity contribution in [1.82, 2.24) is 0 Å². The maximum Gasteiger partial charge on any atom is 0.339 e. The molecule has 0 unspecified atom stereocenters. The van der Waals surface area contributed by atoms with Crippen LogP contribution in [0, 0.1) is 11.3 Å². The zero-order valence-corrected chi connectivity index (χ0v) is 8.75. The van der Waals surface area contributed by atoms with Crippen LogP contribution < -0.4 is 0 Å². The van der Waals surface area contributed by atoms with E-state index in [4.69, 9.17) is 5.26 Å². The van der Waals surface area contributed by atoms with Crippen LogP contribution in [-0.2, 0) is 4.74 Å². The molecule has 1 rings (SSSR count). The molecule has 76 valence electrons. The van der Waals surface area contributed by atoms with Gasteiger partial charge >= 0.3 is 5.97 Å². The van der Waals surface area contributed by atoms with Crippen molar-refractivity contribution < 1.29 is 14.3 Å². The molecule has 0 spiro atoms. The second kappa shape index (κ2) is 4.62. The standard InChI is InChI=1S/C10H7NO3S/c1-14-10(13)8-2-7(5-12)6(4-11)3-9(8)15/h2-3,5,15H,1H3. The third-order valence-electron chi connectivity index (χ3n) is 1.82. The van der Waals surface area contributed by atoms with E-state index in [9.17, 15) is 9.59 Å². The third-order valence-corrected chi connectivity index (χ3v) is 2.19. The second-order valence-electron chi connectivity index (χ2n) is 2.68. The van der Waals surface area contributed by atoms with E-state index in [0.29, 0.717) is 11.2 Å². The highest BCUT2D eigenvalue weighted by Gasteiger charge is 2.13. The van der Waals surface area contributed by atoms with Gasteiger partial charge in [0.1, 0.15) is 0 Å². The number of carbonyl (C=O) groups is 2. The van der Waals surface area contributed by atoms with Crippen LogP contribution in [0.2, 0.25) is 0 Å². The van der Waals surface area contributed by atoms with Gasteiger partial charge in [-0.3, -0.25) is 4.79 Å². The molecule has 0 saturated carbocycles. The van der Waals surface area contributed by atoms with Crippen LogP contribution in [0.15, 0.2) is 17.0 Å². The fraction of sp³-hybridized carbons (Fsp3) is 0.100. The number of hydrogen-bond acceptors (Lipinski definition) is 5. The number of carbonyl (C=O) groups excluding carboxylic acids is 2. The van der Waals surface area contributed by atoms with Crippen molar-refractivity contribution in [2.75, 3.05) is 7.11 Å². The van der Waals surface area contributed by atoms with Gasteiger partial charge in [0, 0.05) is 10.5 Å². The molecule has 4 nitrogen and oxygen atoms in total. The Labute approximate surface area is 91.9 Å². The van der Waals surface area contributed by atoms with Crippen molar-refractivity contribution in [3.63, 3.8) is 0 Å². The molecule has 5 heteroatoms. The van der Waals surface area contributed by atoms with Crippen molar-refractivity contribution in [1.29, 1.82) is 5.26 Å². The molecule has 0 aromatic heterocycles. The molecule has 0 saturated heterocycles. The Balaban J connectivity index is 3.40. The summed E-state index contributed by atoms with van der Waals surface area (Å²) >= 11 is 4.03. The first-order valence-corrected chi connectivity index (χ1v) is 4.39. The van der Waals surface area contributed by atoms with Crippen LogP contribution >= 0.6 is 12.6 Å². The van der Waals surface area contributed by atoms with E-state index in [1.807, 2.05) is 6.07 Å². The molecule has 1 aromatic carbocycles. The molecule has 0 aliphatic rings. The SMILES string of the molecule is COC(=O)c1cc(C=O)c(C#N)cc1S.